The third-order valence-electron chi connectivity index (χ3n) is 4.47. The molecule has 0 N–H and O–H groups in total. The molecule has 0 unspecified atom stereocenters. The van der Waals surface area contributed by atoms with E-state index < -0.39 is 11.7 Å². The molecule has 0 saturated carbocycles. The third kappa shape index (κ3) is 4.36. The molecule has 0 aliphatic heterocycles. The van der Waals surface area contributed by atoms with Crippen LogP contribution < -0.4 is 9.47 Å². The number of methoxy groups -OCH3 is 2. The van der Waals surface area contributed by atoms with Crippen molar-refractivity contribution >= 4 is 22.9 Å². The van der Waals surface area contributed by atoms with E-state index in [0.29, 0.717) is 22.6 Å². The molecule has 0 radical (unpaired) electrons. The zero-order chi connectivity index (χ0) is 21.0. The van der Waals surface area contributed by atoms with Crippen molar-refractivity contribution in [3.8, 4) is 21.9 Å². The topological polar surface area (TPSA) is 35.5 Å². The summed E-state index contributed by atoms with van der Waals surface area (Å²) in [6.45, 7) is 0. The van der Waals surface area contributed by atoms with E-state index in [9.17, 15) is 18.0 Å². The van der Waals surface area contributed by atoms with Crippen molar-refractivity contribution in [2.24, 2.45) is 0 Å². The van der Waals surface area contributed by atoms with Crippen LogP contribution in [0.1, 0.15) is 16.7 Å². The number of benzene rings is 2. The van der Waals surface area contributed by atoms with Crippen molar-refractivity contribution < 1.29 is 27.4 Å². The Bertz CT molecular complexity index is 1030. The minimum absolute atomic E-state index is 0.0976. The lowest BCUT2D eigenvalue weighted by molar-refractivity contribution is -0.137. The number of carbonyl (C=O) groups excluding carboxylic acids is 1. The third-order valence-corrected chi connectivity index (χ3v) is 5.37. The van der Waals surface area contributed by atoms with E-state index in [2.05, 4.69) is 0 Å². The van der Waals surface area contributed by atoms with Crippen molar-refractivity contribution in [3.05, 3.63) is 70.6 Å². The van der Waals surface area contributed by atoms with E-state index >= 15 is 0 Å². The second-order valence-electron chi connectivity index (χ2n) is 6.14. The Morgan fingerprint density at radius 2 is 1.76 bits per heavy atom. The normalized spacial score (nSPS) is 11.1. The van der Waals surface area contributed by atoms with Crippen LogP contribution in [-0.4, -0.2) is 20.2 Å². The van der Waals surface area contributed by atoms with Crippen molar-refractivity contribution in [2.45, 2.75) is 12.6 Å². The second-order valence-corrected chi connectivity index (χ2v) is 7.08. The quantitative estimate of drug-likeness (QED) is 0.467. The fourth-order valence-corrected chi connectivity index (χ4v) is 3.81. The summed E-state index contributed by atoms with van der Waals surface area (Å²) >= 11 is 1.54. The lowest BCUT2D eigenvalue weighted by Crippen LogP contribution is -2.05. The highest BCUT2D eigenvalue weighted by atomic mass is 32.1. The molecular weight excluding hydrogens is 401 g/mol. The molecule has 0 fully saturated rings. The van der Waals surface area contributed by atoms with Crippen LogP contribution >= 0.6 is 11.3 Å². The molecule has 0 aliphatic carbocycles. The first-order chi connectivity index (χ1) is 13.9. The first kappa shape index (κ1) is 20.7. The van der Waals surface area contributed by atoms with Gasteiger partial charge < -0.3 is 9.47 Å². The van der Waals surface area contributed by atoms with Crippen molar-refractivity contribution in [1.82, 2.24) is 0 Å². The van der Waals surface area contributed by atoms with E-state index in [-0.39, 0.29) is 12.0 Å². The van der Waals surface area contributed by atoms with Crippen LogP contribution in [0.2, 0.25) is 0 Å². The zero-order valence-corrected chi connectivity index (χ0v) is 16.5. The number of hydrogen-bond acceptors (Lipinski definition) is 4. The SMILES string of the molecule is COc1ccc(-c2cccs2)c(OC)c1CC(=C=O)c1ccc(C(F)(F)F)cc1. The number of ether oxygens (including phenoxy) is 2. The summed E-state index contributed by atoms with van der Waals surface area (Å²) < 4.78 is 49.5. The van der Waals surface area contributed by atoms with Gasteiger partial charge in [0.05, 0.1) is 19.8 Å². The molecule has 0 aliphatic rings. The van der Waals surface area contributed by atoms with Gasteiger partial charge in [0.1, 0.15) is 17.4 Å². The maximum absolute atomic E-state index is 12.8. The number of hydrogen-bond donors (Lipinski definition) is 0. The smallest absolute Gasteiger partial charge is 0.416 e. The van der Waals surface area contributed by atoms with Crippen LogP contribution in [0, 0.1) is 0 Å². The molecule has 1 aromatic heterocycles. The molecule has 0 saturated heterocycles. The first-order valence-electron chi connectivity index (χ1n) is 8.58. The van der Waals surface area contributed by atoms with E-state index in [1.165, 1.54) is 26.4 Å². The highest BCUT2D eigenvalue weighted by Gasteiger charge is 2.30. The first-order valence-corrected chi connectivity index (χ1v) is 9.46. The Kier molecular flexibility index (Phi) is 6.11. The zero-order valence-electron chi connectivity index (χ0n) is 15.7. The van der Waals surface area contributed by atoms with Gasteiger partial charge in [0.15, 0.2) is 0 Å². The van der Waals surface area contributed by atoms with Crippen LogP contribution in [0.4, 0.5) is 13.2 Å². The van der Waals surface area contributed by atoms with Gasteiger partial charge in [-0.1, -0.05) is 18.2 Å². The summed E-state index contributed by atoms with van der Waals surface area (Å²) in [6.07, 6.45) is -4.34. The van der Waals surface area contributed by atoms with E-state index in [1.54, 1.807) is 17.4 Å². The molecule has 0 amide bonds. The molecule has 3 nitrogen and oxygen atoms in total. The molecule has 1 heterocycles. The van der Waals surface area contributed by atoms with E-state index in [4.69, 9.17) is 9.47 Å². The average Bonchev–Trinajstić information content (AvgIpc) is 3.25. The maximum Gasteiger partial charge on any atom is 0.416 e. The molecule has 150 valence electrons. The average molecular weight is 418 g/mol. The van der Waals surface area contributed by atoms with Gasteiger partial charge >= 0.3 is 6.18 Å². The Morgan fingerprint density at radius 1 is 1.03 bits per heavy atom. The largest absolute Gasteiger partial charge is 0.496 e. The number of thiophene rings is 1. The van der Waals surface area contributed by atoms with Crippen LogP contribution in [0.5, 0.6) is 11.5 Å². The fourth-order valence-electron chi connectivity index (χ4n) is 3.06. The molecule has 0 spiro atoms. The fraction of sp³-hybridized carbons (Fsp3) is 0.182. The molecule has 7 heteroatoms. The van der Waals surface area contributed by atoms with Gasteiger partial charge in [-0.15, -0.1) is 11.3 Å². The lowest BCUT2D eigenvalue weighted by Gasteiger charge is -2.17. The van der Waals surface area contributed by atoms with Gasteiger partial charge in [-0.2, -0.15) is 13.2 Å². The summed E-state index contributed by atoms with van der Waals surface area (Å²) in [5, 5.41) is 1.94. The van der Waals surface area contributed by atoms with Gasteiger partial charge in [-0.3, -0.25) is 0 Å². The Morgan fingerprint density at radius 3 is 2.28 bits per heavy atom. The Hall–Kier alpha value is -3.02. The van der Waals surface area contributed by atoms with E-state index in [0.717, 1.165) is 22.6 Å². The predicted octanol–water partition coefficient (Wildman–Crippen LogP) is 5.91. The van der Waals surface area contributed by atoms with Gasteiger partial charge in [0, 0.05) is 28.0 Å². The molecular formula is C22H17F3O3S. The molecule has 0 bridgehead atoms. The highest BCUT2D eigenvalue weighted by Crippen LogP contribution is 2.42. The standard InChI is InChI=1S/C22H17F3O3S/c1-27-19-10-9-17(20-4-3-11-29-20)21(28-2)18(19)12-15(13-26)14-5-7-16(8-6-14)22(23,24)25/h3-11H,12H2,1-2H3. The van der Waals surface area contributed by atoms with Crippen LogP contribution in [-0.2, 0) is 17.4 Å². The summed E-state index contributed by atoms with van der Waals surface area (Å²) in [7, 11) is 3.03. The van der Waals surface area contributed by atoms with Crippen molar-refractivity contribution in [1.29, 1.82) is 0 Å². The molecule has 3 aromatic rings. The van der Waals surface area contributed by atoms with Crippen molar-refractivity contribution in [2.75, 3.05) is 14.2 Å². The Balaban J connectivity index is 2.03. The number of rotatable bonds is 6. The van der Waals surface area contributed by atoms with E-state index in [1.807, 2.05) is 29.5 Å². The van der Waals surface area contributed by atoms with Crippen LogP contribution in [0.3, 0.4) is 0 Å². The predicted molar refractivity (Wildman–Crippen MR) is 107 cm³/mol. The number of allylic oxidation sites excluding steroid dienone is 1. The summed E-state index contributed by atoms with van der Waals surface area (Å²) in [5.41, 5.74) is 1.26. The highest BCUT2D eigenvalue weighted by molar-refractivity contribution is 7.13. The summed E-state index contributed by atoms with van der Waals surface area (Å²) in [5.74, 6) is 2.92. The molecule has 0 atom stereocenters. The second kappa shape index (κ2) is 8.55. The molecule has 2 aromatic carbocycles. The number of halogens is 3. The lowest BCUT2D eigenvalue weighted by atomic mass is 9.95. The Labute approximate surface area is 170 Å². The minimum atomic E-state index is -4.44. The van der Waals surface area contributed by atoms with Gasteiger partial charge in [-0.25, -0.2) is 4.79 Å². The van der Waals surface area contributed by atoms with Gasteiger partial charge in [-0.05, 0) is 41.3 Å². The minimum Gasteiger partial charge on any atom is -0.496 e. The van der Waals surface area contributed by atoms with Gasteiger partial charge in [0.25, 0.3) is 0 Å². The summed E-state index contributed by atoms with van der Waals surface area (Å²) in [6, 6.07) is 12.0. The molecule has 29 heavy (non-hydrogen) atoms. The maximum atomic E-state index is 12.8. The van der Waals surface area contributed by atoms with Crippen LogP contribution in [0.25, 0.3) is 16.0 Å². The number of alkyl halides is 3. The monoisotopic (exact) mass is 418 g/mol. The molecule has 3 rings (SSSR count). The van der Waals surface area contributed by atoms with Crippen molar-refractivity contribution in [3.63, 3.8) is 0 Å². The summed E-state index contributed by atoms with van der Waals surface area (Å²) in [4.78, 5) is 12.6. The van der Waals surface area contributed by atoms with Crippen LogP contribution in [0.15, 0.2) is 53.9 Å². The van der Waals surface area contributed by atoms with Gasteiger partial charge in [0.2, 0.25) is 0 Å².